The quantitative estimate of drug-likeness (QED) is 0.789. The molecule has 4 atom stereocenters. The first kappa shape index (κ1) is 19.4. The highest BCUT2D eigenvalue weighted by Gasteiger charge is 2.42. The van der Waals surface area contributed by atoms with Crippen LogP contribution < -0.4 is 5.32 Å². The molecule has 0 unspecified atom stereocenters. The molecular weight excluding hydrogens is 350 g/mol. The van der Waals surface area contributed by atoms with Gasteiger partial charge in [-0.05, 0) is 25.2 Å². The van der Waals surface area contributed by atoms with Gasteiger partial charge in [0.05, 0.1) is 5.92 Å². The first-order valence-electron chi connectivity index (χ1n) is 9.54. The number of likely N-dealkylation sites (tertiary alicyclic amines) is 1. The lowest BCUT2D eigenvalue weighted by Crippen LogP contribution is -2.45. The zero-order chi connectivity index (χ0) is 19.6. The maximum Gasteiger partial charge on any atom is 0.311 e. The van der Waals surface area contributed by atoms with Crippen LogP contribution in [0, 0.1) is 24.7 Å². The lowest BCUT2D eigenvalue weighted by atomic mass is 9.77. The molecule has 1 saturated carbocycles. The Hall–Kier alpha value is -2.38. The number of anilines is 1. The number of carbonyl (C=O) groups is 3. The smallest absolute Gasteiger partial charge is 0.311 e. The van der Waals surface area contributed by atoms with E-state index in [0.717, 1.165) is 12.8 Å². The number of hydrogen-bond donors (Lipinski definition) is 1. The van der Waals surface area contributed by atoms with Crippen molar-refractivity contribution in [1.29, 1.82) is 0 Å². The zero-order valence-electron chi connectivity index (χ0n) is 16.1. The van der Waals surface area contributed by atoms with Crippen LogP contribution in [0.2, 0.25) is 0 Å². The van der Waals surface area contributed by atoms with Gasteiger partial charge < -0.3 is 19.5 Å². The third-order valence-corrected chi connectivity index (χ3v) is 5.80. The third kappa shape index (κ3) is 4.48. The molecule has 1 N–H and O–H groups in total. The molecule has 1 saturated heterocycles. The van der Waals surface area contributed by atoms with E-state index in [1.807, 2.05) is 4.90 Å². The molecule has 0 spiro atoms. The van der Waals surface area contributed by atoms with Crippen LogP contribution >= 0.6 is 0 Å². The number of ether oxygens (including phenoxy) is 1. The van der Waals surface area contributed by atoms with Crippen molar-refractivity contribution < 1.29 is 23.6 Å². The number of esters is 1. The highest BCUT2D eigenvalue weighted by molar-refractivity contribution is 5.93. The second-order valence-corrected chi connectivity index (χ2v) is 7.76. The SMILES string of the molecule is Cc1cc(NC(=O)COC(=O)[C@H]2CC(=O)N([C@H]3CCC[C@H](C)[C@@H]3C)C2)no1. The molecule has 2 amide bonds. The Morgan fingerprint density at radius 1 is 1.37 bits per heavy atom. The Morgan fingerprint density at radius 3 is 2.85 bits per heavy atom. The molecule has 3 rings (SSSR count). The van der Waals surface area contributed by atoms with Crippen LogP contribution in [0.4, 0.5) is 5.82 Å². The van der Waals surface area contributed by atoms with Crippen molar-refractivity contribution in [1.82, 2.24) is 10.1 Å². The van der Waals surface area contributed by atoms with Crippen molar-refractivity contribution in [3.8, 4) is 0 Å². The molecule has 1 aliphatic heterocycles. The number of rotatable bonds is 5. The summed E-state index contributed by atoms with van der Waals surface area (Å²) >= 11 is 0. The van der Waals surface area contributed by atoms with E-state index in [1.54, 1.807) is 13.0 Å². The number of amides is 2. The van der Waals surface area contributed by atoms with Crippen LogP contribution in [-0.2, 0) is 19.1 Å². The minimum atomic E-state index is -0.510. The van der Waals surface area contributed by atoms with Crippen molar-refractivity contribution in [3.63, 3.8) is 0 Å². The van der Waals surface area contributed by atoms with Crippen LogP contribution in [0.3, 0.4) is 0 Å². The molecule has 1 aromatic rings. The maximum absolute atomic E-state index is 12.4. The average Bonchev–Trinajstić information content (AvgIpc) is 3.21. The molecule has 8 nitrogen and oxygen atoms in total. The van der Waals surface area contributed by atoms with Crippen molar-refractivity contribution in [3.05, 3.63) is 11.8 Å². The van der Waals surface area contributed by atoms with E-state index < -0.39 is 24.4 Å². The van der Waals surface area contributed by atoms with Gasteiger partial charge in [0.2, 0.25) is 5.91 Å². The van der Waals surface area contributed by atoms with Gasteiger partial charge in [-0.3, -0.25) is 14.4 Å². The number of aryl methyl sites for hydroxylation is 1. The van der Waals surface area contributed by atoms with E-state index in [0.29, 0.717) is 24.1 Å². The molecule has 27 heavy (non-hydrogen) atoms. The lowest BCUT2D eigenvalue weighted by Gasteiger charge is -2.39. The van der Waals surface area contributed by atoms with Gasteiger partial charge in [-0.1, -0.05) is 31.8 Å². The number of hydrogen-bond acceptors (Lipinski definition) is 6. The summed E-state index contributed by atoms with van der Waals surface area (Å²) in [5.41, 5.74) is 0. The van der Waals surface area contributed by atoms with Gasteiger partial charge in [0.1, 0.15) is 5.76 Å². The number of nitrogens with zero attached hydrogens (tertiary/aromatic N) is 2. The highest BCUT2D eigenvalue weighted by Crippen LogP contribution is 2.35. The van der Waals surface area contributed by atoms with E-state index in [1.165, 1.54) is 6.42 Å². The summed E-state index contributed by atoms with van der Waals surface area (Å²) in [6.45, 7) is 6.08. The fourth-order valence-corrected chi connectivity index (χ4v) is 4.06. The number of nitrogens with one attached hydrogen (secondary N) is 1. The predicted octanol–water partition coefficient (Wildman–Crippen LogP) is 2.14. The Balaban J connectivity index is 1.49. The molecule has 0 bridgehead atoms. The summed E-state index contributed by atoms with van der Waals surface area (Å²) in [5, 5.41) is 6.14. The van der Waals surface area contributed by atoms with Gasteiger partial charge in [0, 0.05) is 25.1 Å². The van der Waals surface area contributed by atoms with Gasteiger partial charge in [0.15, 0.2) is 12.4 Å². The zero-order valence-corrected chi connectivity index (χ0v) is 16.1. The summed E-state index contributed by atoms with van der Waals surface area (Å²) in [6, 6.07) is 1.76. The van der Waals surface area contributed by atoms with Crippen molar-refractivity contribution in [2.24, 2.45) is 17.8 Å². The van der Waals surface area contributed by atoms with Crippen molar-refractivity contribution in [2.45, 2.75) is 52.5 Å². The molecule has 148 valence electrons. The maximum atomic E-state index is 12.4. The number of aromatic nitrogens is 1. The van der Waals surface area contributed by atoms with Crippen LogP contribution in [0.1, 0.15) is 45.3 Å². The van der Waals surface area contributed by atoms with Gasteiger partial charge in [0.25, 0.3) is 5.91 Å². The van der Waals surface area contributed by atoms with Gasteiger partial charge >= 0.3 is 5.97 Å². The molecule has 2 aliphatic rings. The summed E-state index contributed by atoms with van der Waals surface area (Å²) < 4.78 is 9.96. The number of carbonyl (C=O) groups excluding carboxylic acids is 3. The summed E-state index contributed by atoms with van der Waals surface area (Å²) in [7, 11) is 0. The van der Waals surface area contributed by atoms with Crippen molar-refractivity contribution in [2.75, 3.05) is 18.5 Å². The highest BCUT2D eigenvalue weighted by atomic mass is 16.5. The summed E-state index contributed by atoms with van der Waals surface area (Å²) in [5.74, 6) is 0.339. The minimum Gasteiger partial charge on any atom is -0.455 e. The van der Waals surface area contributed by atoms with Crippen LogP contribution in [0.5, 0.6) is 0 Å². The predicted molar refractivity (Wildman–Crippen MR) is 96.6 cm³/mol. The summed E-state index contributed by atoms with van der Waals surface area (Å²) in [4.78, 5) is 38.5. The summed E-state index contributed by atoms with van der Waals surface area (Å²) in [6.07, 6.45) is 3.43. The van der Waals surface area contributed by atoms with Gasteiger partial charge in [-0.25, -0.2) is 0 Å². The molecule has 1 aliphatic carbocycles. The first-order chi connectivity index (χ1) is 12.8. The molecule has 2 fully saturated rings. The van der Waals surface area contributed by atoms with Crippen LogP contribution in [0.25, 0.3) is 0 Å². The largest absolute Gasteiger partial charge is 0.455 e. The molecule has 8 heteroatoms. The monoisotopic (exact) mass is 377 g/mol. The molecular formula is C19H27N3O5. The minimum absolute atomic E-state index is 0.00502. The second-order valence-electron chi connectivity index (χ2n) is 7.76. The fraction of sp³-hybridized carbons (Fsp3) is 0.684. The van der Waals surface area contributed by atoms with E-state index in [2.05, 4.69) is 24.3 Å². The topological polar surface area (TPSA) is 102 Å². The van der Waals surface area contributed by atoms with E-state index in [-0.39, 0.29) is 24.2 Å². The normalized spacial score (nSPS) is 28.3. The molecule has 1 aromatic heterocycles. The molecule has 2 heterocycles. The lowest BCUT2D eigenvalue weighted by molar-refractivity contribution is -0.151. The molecule has 0 aromatic carbocycles. The van der Waals surface area contributed by atoms with E-state index in [4.69, 9.17) is 9.26 Å². The Bertz CT molecular complexity index is 716. The average molecular weight is 377 g/mol. The first-order valence-corrected chi connectivity index (χ1v) is 9.54. The van der Waals surface area contributed by atoms with Gasteiger partial charge in [-0.15, -0.1) is 0 Å². The van der Waals surface area contributed by atoms with Crippen molar-refractivity contribution >= 4 is 23.6 Å². The fourth-order valence-electron chi connectivity index (χ4n) is 4.06. The third-order valence-electron chi connectivity index (χ3n) is 5.80. The second kappa shape index (κ2) is 8.10. The Kier molecular flexibility index (Phi) is 5.82. The van der Waals surface area contributed by atoms with E-state index in [9.17, 15) is 14.4 Å². The van der Waals surface area contributed by atoms with Gasteiger partial charge in [-0.2, -0.15) is 0 Å². The van der Waals surface area contributed by atoms with Crippen LogP contribution in [0.15, 0.2) is 10.6 Å². The Labute approximate surface area is 158 Å². The Morgan fingerprint density at radius 2 is 2.15 bits per heavy atom. The van der Waals surface area contributed by atoms with E-state index >= 15 is 0 Å². The van der Waals surface area contributed by atoms with Crippen LogP contribution in [-0.4, -0.2) is 47.0 Å². The molecule has 0 radical (unpaired) electrons. The standard InChI is InChI=1S/C19H27N3O5/c1-11-5-4-6-15(13(11)3)22-9-14(8-18(22)24)19(25)26-10-17(23)20-16-7-12(2)27-21-16/h7,11,13-15H,4-6,8-10H2,1-3H3,(H,20,21,23)/t11-,13-,14-,15-/m0/s1.